The van der Waals surface area contributed by atoms with E-state index in [0.717, 1.165) is 18.6 Å². The average Bonchev–Trinajstić information content (AvgIpc) is 1.90. The lowest BCUT2D eigenvalue weighted by Gasteiger charge is -2.08. The Labute approximate surface area is 63.5 Å². The largest absolute Gasteiger partial charge is 0.501 e. The van der Waals surface area contributed by atoms with Crippen molar-refractivity contribution in [3.05, 3.63) is 22.4 Å². The molecule has 1 aliphatic rings. The van der Waals surface area contributed by atoms with Crippen LogP contribution < -0.4 is 0 Å². The zero-order valence-electron chi connectivity index (χ0n) is 5.36. The molecule has 0 N–H and O–H groups in total. The van der Waals surface area contributed by atoms with E-state index in [2.05, 4.69) is 15.9 Å². The highest BCUT2D eigenvalue weighted by atomic mass is 79.9. The number of halogens is 1. The number of methoxy groups -OCH3 is 1. The molecule has 0 spiro atoms. The van der Waals surface area contributed by atoms with Crippen LogP contribution >= 0.6 is 15.9 Å². The maximum atomic E-state index is 5.04. The lowest BCUT2D eigenvalue weighted by molar-refractivity contribution is 0.276. The van der Waals surface area contributed by atoms with Crippen LogP contribution in [0.15, 0.2) is 22.4 Å². The number of hydrogen-bond donors (Lipinski definition) is 0. The summed E-state index contributed by atoms with van der Waals surface area (Å²) in [5, 5.41) is 0. The number of rotatable bonds is 1. The third-order valence-electron chi connectivity index (χ3n) is 1.32. The summed E-state index contributed by atoms with van der Waals surface area (Å²) < 4.78 is 6.29. The first-order valence-electron chi connectivity index (χ1n) is 2.92. The maximum Gasteiger partial charge on any atom is 0.0959 e. The van der Waals surface area contributed by atoms with Crippen molar-refractivity contribution in [3.63, 3.8) is 0 Å². The molecule has 0 saturated heterocycles. The molecule has 50 valence electrons. The Bertz CT molecular complexity index is 158. The van der Waals surface area contributed by atoms with Crippen molar-refractivity contribution in [2.45, 2.75) is 12.8 Å². The summed E-state index contributed by atoms with van der Waals surface area (Å²) in [7, 11) is 1.71. The molecular formula is C7H9BrO. The van der Waals surface area contributed by atoms with E-state index >= 15 is 0 Å². The van der Waals surface area contributed by atoms with Crippen LogP contribution in [0.1, 0.15) is 12.8 Å². The Morgan fingerprint density at radius 3 is 2.67 bits per heavy atom. The Morgan fingerprint density at radius 1 is 1.44 bits per heavy atom. The molecule has 0 unspecified atom stereocenters. The molecule has 0 saturated carbocycles. The van der Waals surface area contributed by atoms with Gasteiger partial charge in [-0.2, -0.15) is 0 Å². The van der Waals surface area contributed by atoms with Crippen LogP contribution in [0.4, 0.5) is 0 Å². The quantitative estimate of drug-likeness (QED) is 0.615. The van der Waals surface area contributed by atoms with E-state index in [1.165, 1.54) is 4.48 Å². The third-order valence-corrected chi connectivity index (χ3v) is 1.98. The van der Waals surface area contributed by atoms with E-state index in [-0.39, 0.29) is 0 Å². The lowest BCUT2D eigenvalue weighted by atomic mass is 10.2. The van der Waals surface area contributed by atoms with Gasteiger partial charge < -0.3 is 4.74 Å². The fourth-order valence-corrected chi connectivity index (χ4v) is 1.09. The number of ether oxygens (including phenoxy) is 1. The SMILES string of the molecule is COC1=CC=C(Br)CC1. The summed E-state index contributed by atoms with van der Waals surface area (Å²) in [4.78, 5) is 0. The minimum absolute atomic E-state index is 1.02. The maximum absolute atomic E-state index is 5.04. The number of allylic oxidation sites excluding steroid dienone is 4. The van der Waals surface area contributed by atoms with Gasteiger partial charge in [0.05, 0.1) is 12.9 Å². The van der Waals surface area contributed by atoms with Crippen molar-refractivity contribution < 1.29 is 4.74 Å². The topological polar surface area (TPSA) is 9.23 Å². The molecule has 0 atom stereocenters. The molecule has 0 aliphatic heterocycles. The Morgan fingerprint density at radius 2 is 2.22 bits per heavy atom. The van der Waals surface area contributed by atoms with Gasteiger partial charge in [0, 0.05) is 6.42 Å². The zero-order valence-corrected chi connectivity index (χ0v) is 6.94. The van der Waals surface area contributed by atoms with Crippen LogP contribution in [0.3, 0.4) is 0 Å². The molecule has 0 aromatic heterocycles. The molecule has 0 amide bonds. The van der Waals surface area contributed by atoms with Gasteiger partial charge in [0.2, 0.25) is 0 Å². The van der Waals surface area contributed by atoms with Crippen LogP contribution in [-0.4, -0.2) is 7.11 Å². The average molecular weight is 189 g/mol. The molecule has 0 bridgehead atoms. The Balaban J connectivity index is 2.59. The fraction of sp³-hybridized carbons (Fsp3) is 0.429. The minimum Gasteiger partial charge on any atom is -0.501 e. The molecule has 0 fully saturated rings. The summed E-state index contributed by atoms with van der Waals surface area (Å²) in [5.74, 6) is 1.07. The minimum atomic E-state index is 1.02. The van der Waals surface area contributed by atoms with Gasteiger partial charge in [-0.3, -0.25) is 0 Å². The molecule has 1 aliphatic carbocycles. The van der Waals surface area contributed by atoms with Gasteiger partial charge in [-0.25, -0.2) is 0 Å². The Kier molecular flexibility index (Phi) is 2.34. The smallest absolute Gasteiger partial charge is 0.0959 e. The van der Waals surface area contributed by atoms with Gasteiger partial charge in [0.15, 0.2) is 0 Å². The third kappa shape index (κ3) is 1.86. The highest BCUT2D eigenvalue weighted by Gasteiger charge is 2.01. The van der Waals surface area contributed by atoms with Crippen molar-refractivity contribution in [2.24, 2.45) is 0 Å². The molecule has 1 rings (SSSR count). The van der Waals surface area contributed by atoms with E-state index in [0.29, 0.717) is 0 Å². The number of hydrogen-bond acceptors (Lipinski definition) is 1. The summed E-state index contributed by atoms with van der Waals surface area (Å²) >= 11 is 3.41. The molecular weight excluding hydrogens is 180 g/mol. The van der Waals surface area contributed by atoms with Gasteiger partial charge in [0.1, 0.15) is 0 Å². The predicted octanol–water partition coefficient (Wildman–Crippen LogP) is 2.59. The Hall–Kier alpha value is -0.240. The standard InChI is InChI=1S/C7H9BrO/c1-9-7-4-2-6(8)3-5-7/h2,4H,3,5H2,1H3. The van der Waals surface area contributed by atoms with Gasteiger partial charge in [0.25, 0.3) is 0 Å². The van der Waals surface area contributed by atoms with Crippen molar-refractivity contribution in [1.29, 1.82) is 0 Å². The second-order valence-electron chi connectivity index (χ2n) is 1.95. The van der Waals surface area contributed by atoms with Gasteiger partial charge in [-0.05, 0) is 23.1 Å². The summed E-state index contributed by atoms with van der Waals surface area (Å²) in [6.07, 6.45) is 6.11. The van der Waals surface area contributed by atoms with Crippen LogP contribution in [0.5, 0.6) is 0 Å². The van der Waals surface area contributed by atoms with Crippen LogP contribution in [0.25, 0.3) is 0 Å². The summed E-state index contributed by atoms with van der Waals surface area (Å²) in [5.41, 5.74) is 0. The molecule has 0 aromatic carbocycles. The summed E-state index contributed by atoms with van der Waals surface area (Å²) in [6, 6.07) is 0. The van der Waals surface area contributed by atoms with E-state index in [4.69, 9.17) is 4.74 Å². The second-order valence-corrected chi connectivity index (χ2v) is 2.97. The highest BCUT2D eigenvalue weighted by molar-refractivity contribution is 9.11. The first-order valence-corrected chi connectivity index (χ1v) is 3.71. The van der Waals surface area contributed by atoms with Crippen LogP contribution in [0, 0.1) is 0 Å². The van der Waals surface area contributed by atoms with Crippen molar-refractivity contribution >= 4 is 15.9 Å². The van der Waals surface area contributed by atoms with Crippen molar-refractivity contribution in [2.75, 3.05) is 7.11 Å². The van der Waals surface area contributed by atoms with Gasteiger partial charge in [-0.1, -0.05) is 15.9 Å². The lowest BCUT2D eigenvalue weighted by Crippen LogP contribution is -1.90. The van der Waals surface area contributed by atoms with Gasteiger partial charge >= 0.3 is 0 Å². The summed E-state index contributed by atoms with van der Waals surface area (Å²) in [6.45, 7) is 0. The van der Waals surface area contributed by atoms with Crippen molar-refractivity contribution in [3.8, 4) is 0 Å². The van der Waals surface area contributed by atoms with Crippen LogP contribution in [0.2, 0.25) is 0 Å². The molecule has 0 heterocycles. The first kappa shape index (κ1) is 6.87. The monoisotopic (exact) mass is 188 g/mol. The van der Waals surface area contributed by atoms with E-state index in [1.807, 2.05) is 12.2 Å². The van der Waals surface area contributed by atoms with Crippen molar-refractivity contribution in [1.82, 2.24) is 0 Å². The normalized spacial score (nSPS) is 18.4. The first-order chi connectivity index (χ1) is 4.33. The zero-order chi connectivity index (χ0) is 6.69. The van der Waals surface area contributed by atoms with Crippen LogP contribution in [-0.2, 0) is 4.74 Å². The molecule has 0 aromatic rings. The van der Waals surface area contributed by atoms with E-state index in [9.17, 15) is 0 Å². The molecule has 9 heavy (non-hydrogen) atoms. The fourth-order valence-electron chi connectivity index (χ4n) is 0.763. The van der Waals surface area contributed by atoms with E-state index < -0.39 is 0 Å². The predicted molar refractivity (Wildman–Crippen MR) is 41.3 cm³/mol. The van der Waals surface area contributed by atoms with E-state index in [1.54, 1.807) is 7.11 Å². The highest BCUT2D eigenvalue weighted by Crippen LogP contribution is 2.22. The molecule has 1 nitrogen and oxygen atoms in total. The second kappa shape index (κ2) is 3.06. The van der Waals surface area contributed by atoms with Gasteiger partial charge in [-0.15, -0.1) is 0 Å². The molecule has 0 radical (unpaired) electrons. The molecule has 2 heteroatoms.